The van der Waals surface area contributed by atoms with E-state index in [1.807, 2.05) is 0 Å². The van der Waals surface area contributed by atoms with Crippen LogP contribution < -0.4 is 0 Å². The Balaban J connectivity index is 2.96. The zero-order chi connectivity index (χ0) is 10.1. The average Bonchev–Trinajstić information content (AvgIpc) is 2.31. The van der Waals surface area contributed by atoms with E-state index in [9.17, 15) is 17.4 Å². The largest absolute Gasteiger partial charge is 0.437 e. The molecule has 0 fully saturated rings. The summed E-state index contributed by atoms with van der Waals surface area (Å²) in [7, 11) is 0. The van der Waals surface area contributed by atoms with E-state index in [4.69, 9.17) is 4.55 Å². The minimum Gasteiger partial charge on any atom is -0.306 e. The highest BCUT2D eigenvalue weighted by Crippen LogP contribution is 2.29. The second kappa shape index (κ2) is 3.42. The summed E-state index contributed by atoms with van der Waals surface area (Å²) in [6.07, 6.45) is -4.65. The molecule has 0 spiro atoms. The van der Waals surface area contributed by atoms with Crippen LogP contribution in [0.15, 0.2) is 0 Å². The molecule has 0 amide bonds. The molecule has 1 unspecified atom stereocenters. The molecular formula is C4H4F3N3O2S. The van der Waals surface area contributed by atoms with E-state index in [0.717, 1.165) is 0 Å². The van der Waals surface area contributed by atoms with E-state index in [1.54, 1.807) is 5.21 Å². The maximum Gasteiger partial charge on any atom is 0.437 e. The quantitative estimate of drug-likeness (QED) is 0.706. The van der Waals surface area contributed by atoms with Crippen LogP contribution in [0.2, 0.25) is 0 Å². The Morgan fingerprint density at radius 1 is 1.46 bits per heavy atom. The van der Waals surface area contributed by atoms with Crippen LogP contribution in [0.3, 0.4) is 0 Å². The molecule has 1 rings (SSSR count). The van der Waals surface area contributed by atoms with Gasteiger partial charge >= 0.3 is 6.18 Å². The van der Waals surface area contributed by atoms with Crippen LogP contribution in [0, 0.1) is 0 Å². The van der Waals surface area contributed by atoms with Gasteiger partial charge in [0.05, 0.1) is 5.75 Å². The lowest BCUT2D eigenvalue weighted by Gasteiger charge is -2.02. The van der Waals surface area contributed by atoms with Crippen molar-refractivity contribution < 1.29 is 21.9 Å². The van der Waals surface area contributed by atoms with Crippen LogP contribution in [-0.4, -0.2) is 24.2 Å². The van der Waals surface area contributed by atoms with Gasteiger partial charge in [-0.25, -0.2) is 4.21 Å². The number of aromatic nitrogens is 3. The van der Waals surface area contributed by atoms with Gasteiger partial charge in [0.25, 0.3) is 0 Å². The van der Waals surface area contributed by atoms with Gasteiger partial charge in [0.2, 0.25) is 0 Å². The second-order valence-corrected chi connectivity index (χ2v) is 3.01. The number of alkyl halides is 3. The minimum atomic E-state index is -4.65. The summed E-state index contributed by atoms with van der Waals surface area (Å²) in [4.78, 5) is 0. The molecule has 1 heterocycles. The standard InChI is InChI=1S/C4H4F3N3O2S/c5-4(6,7)3-2(1-13(11)12)8-10-9-3/h1H2,(H,11,12)(H,8,9,10). The number of hydrogen-bond acceptors (Lipinski definition) is 3. The zero-order valence-electron chi connectivity index (χ0n) is 6.00. The van der Waals surface area contributed by atoms with Crippen molar-refractivity contribution in [2.45, 2.75) is 11.9 Å². The van der Waals surface area contributed by atoms with Crippen molar-refractivity contribution in [2.75, 3.05) is 0 Å². The summed E-state index contributed by atoms with van der Waals surface area (Å²) in [5.41, 5.74) is -1.82. The van der Waals surface area contributed by atoms with Gasteiger partial charge in [0, 0.05) is 0 Å². The van der Waals surface area contributed by atoms with Crippen LogP contribution in [0.5, 0.6) is 0 Å². The van der Waals surface area contributed by atoms with Crippen LogP contribution in [0.25, 0.3) is 0 Å². The Bertz CT molecular complexity index is 323. The summed E-state index contributed by atoms with van der Waals surface area (Å²) >= 11 is -2.36. The predicted octanol–water partition coefficient (Wildman–Crippen LogP) is 0.545. The van der Waals surface area contributed by atoms with Gasteiger partial charge in [0.1, 0.15) is 5.69 Å². The fourth-order valence-corrected chi connectivity index (χ4v) is 1.13. The second-order valence-electron chi connectivity index (χ2n) is 2.08. The van der Waals surface area contributed by atoms with Crippen molar-refractivity contribution in [3.8, 4) is 0 Å². The smallest absolute Gasteiger partial charge is 0.306 e. The number of hydrogen-bond donors (Lipinski definition) is 2. The third kappa shape index (κ3) is 2.49. The molecule has 74 valence electrons. The lowest BCUT2D eigenvalue weighted by molar-refractivity contribution is -0.141. The van der Waals surface area contributed by atoms with Gasteiger partial charge in [-0.15, -0.1) is 0 Å². The number of nitrogens with one attached hydrogen (secondary N) is 1. The summed E-state index contributed by atoms with van der Waals surface area (Å²) in [6, 6.07) is 0. The monoisotopic (exact) mass is 215 g/mol. The number of H-pyrrole nitrogens is 1. The minimum absolute atomic E-state index is 0.562. The number of nitrogens with zero attached hydrogens (tertiary/aromatic N) is 2. The molecule has 0 aliphatic heterocycles. The molecule has 0 bridgehead atoms. The predicted molar refractivity (Wildman–Crippen MR) is 35.9 cm³/mol. The van der Waals surface area contributed by atoms with Crippen molar-refractivity contribution in [2.24, 2.45) is 0 Å². The van der Waals surface area contributed by atoms with Gasteiger partial charge in [-0.1, -0.05) is 0 Å². The van der Waals surface area contributed by atoms with Gasteiger partial charge in [-0.2, -0.15) is 28.6 Å². The molecular weight excluding hydrogens is 211 g/mol. The molecule has 2 N–H and O–H groups in total. The highest BCUT2D eigenvalue weighted by Gasteiger charge is 2.37. The van der Waals surface area contributed by atoms with Crippen LogP contribution in [-0.2, 0) is 23.0 Å². The van der Waals surface area contributed by atoms with Crippen molar-refractivity contribution in [1.29, 1.82) is 0 Å². The Morgan fingerprint density at radius 2 is 2.08 bits per heavy atom. The van der Waals surface area contributed by atoms with E-state index in [-0.39, 0.29) is 0 Å². The van der Waals surface area contributed by atoms with Crippen molar-refractivity contribution >= 4 is 11.1 Å². The van der Waals surface area contributed by atoms with Crippen LogP contribution >= 0.6 is 0 Å². The van der Waals surface area contributed by atoms with E-state index in [0.29, 0.717) is 0 Å². The molecule has 0 saturated carbocycles. The number of rotatable bonds is 2. The van der Waals surface area contributed by atoms with Crippen LogP contribution in [0.4, 0.5) is 13.2 Å². The fraction of sp³-hybridized carbons (Fsp3) is 0.500. The molecule has 0 aromatic carbocycles. The first-order valence-electron chi connectivity index (χ1n) is 2.95. The highest BCUT2D eigenvalue weighted by molar-refractivity contribution is 7.78. The van der Waals surface area contributed by atoms with Gasteiger partial charge in [-0.05, 0) is 0 Å². The SMILES string of the molecule is O=S(O)Cc1n[nH]nc1C(F)(F)F. The third-order valence-corrected chi connectivity index (χ3v) is 1.67. The Kier molecular flexibility index (Phi) is 2.66. The highest BCUT2D eigenvalue weighted by atomic mass is 32.2. The molecule has 0 radical (unpaired) electrons. The van der Waals surface area contributed by atoms with Crippen molar-refractivity contribution in [3.05, 3.63) is 11.4 Å². The summed E-state index contributed by atoms with van der Waals surface area (Å²) in [5, 5.41) is 7.69. The van der Waals surface area contributed by atoms with Crippen molar-refractivity contribution in [1.82, 2.24) is 15.4 Å². The van der Waals surface area contributed by atoms with E-state index in [1.165, 1.54) is 0 Å². The first-order chi connectivity index (χ1) is 5.91. The first-order valence-corrected chi connectivity index (χ1v) is 4.23. The lowest BCUT2D eigenvalue weighted by atomic mass is 10.3. The Morgan fingerprint density at radius 3 is 2.54 bits per heavy atom. The molecule has 5 nitrogen and oxygen atoms in total. The van der Waals surface area contributed by atoms with E-state index < -0.39 is 34.4 Å². The molecule has 9 heteroatoms. The summed E-state index contributed by atoms with van der Waals surface area (Å²) in [6.45, 7) is 0. The first kappa shape index (κ1) is 10.1. The summed E-state index contributed by atoms with van der Waals surface area (Å²) < 4.78 is 54.6. The van der Waals surface area contributed by atoms with Gasteiger partial charge in [-0.3, -0.25) is 0 Å². The van der Waals surface area contributed by atoms with E-state index >= 15 is 0 Å². The zero-order valence-corrected chi connectivity index (χ0v) is 6.82. The molecule has 13 heavy (non-hydrogen) atoms. The normalized spacial score (nSPS) is 14.5. The maximum absolute atomic E-state index is 12.0. The number of aromatic amines is 1. The van der Waals surface area contributed by atoms with E-state index in [2.05, 4.69) is 10.2 Å². The molecule has 1 aromatic rings. The Labute approximate surface area is 72.6 Å². The molecule has 0 saturated heterocycles. The molecule has 1 atom stereocenters. The van der Waals surface area contributed by atoms with Crippen LogP contribution in [0.1, 0.15) is 11.4 Å². The Hall–Kier alpha value is -0.960. The third-order valence-electron chi connectivity index (χ3n) is 1.15. The average molecular weight is 215 g/mol. The topological polar surface area (TPSA) is 78.9 Å². The lowest BCUT2D eigenvalue weighted by Crippen LogP contribution is -2.10. The molecule has 0 aliphatic rings. The summed E-state index contributed by atoms with van der Waals surface area (Å²) in [5.74, 6) is -0.689. The molecule has 0 aliphatic carbocycles. The number of halogens is 3. The maximum atomic E-state index is 12.0. The van der Waals surface area contributed by atoms with Crippen molar-refractivity contribution in [3.63, 3.8) is 0 Å². The van der Waals surface area contributed by atoms with Gasteiger partial charge in [0.15, 0.2) is 16.8 Å². The van der Waals surface area contributed by atoms with Gasteiger partial charge < -0.3 is 4.55 Å². The molecule has 1 aromatic heterocycles. The fourth-order valence-electron chi connectivity index (χ4n) is 0.697.